The SMILES string of the molecule is CC(=O)N(C)c1ccccc1C(=O)N1CCC(CO)CC1. The molecule has 0 atom stereocenters. The molecule has 21 heavy (non-hydrogen) atoms. The second-order valence-corrected chi connectivity index (χ2v) is 5.51. The van der Waals surface area contributed by atoms with Gasteiger partial charge in [0.1, 0.15) is 0 Å². The molecule has 1 aromatic rings. The number of amides is 2. The predicted octanol–water partition coefficient (Wildman–Crippen LogP) is 1.51. The monoisotopic (exact) mass is 290 g/mol. The molecule has 5 heteroatoms. The second kappa shape index (κ2) is 6.72. The van der Waals surface area contributed by atoms with E-state index in [2.05, 4.69) is 0 Å². The van der Waals surface area contributed by atoms with Crippen molar-refractivity contribution in [2.75, 3.05) is 31.6 Å². The van der Waals surface area contributed by atoms with Crippen LogP contribution in [0.25, 0.3) is 0 Å². The highest BCUT2D eigenvalue weighted by atomic mass is 16.3. The third kappa shape index (κ3) is 3.42. The van der Waals surface area contributed by atoms with Crippen LogP contribution >= 0.6 is 0 Å². The number of piperidine rings is 1. The smallest absolute Gasteiger partial charge is 0.255 e. The molecule has 1 aromatic carbocycles. The van der Waals surface area contributed by atoms with Crippen LogP contribution in [-0.2, 0) is 4.79 Å². The average molecular weight is 290 g/mol. The van der Waals surface area contributed by atoms with E-state index in [1.807, 2.05) is 12.1 Å². The molecule has 0 bridgehead atoms. The summed E-state index contributed by atoms with van der Waals surface area (Å²) in [7, 11) is 1.67. The van der Waals surface area contributed by atoms with Gasteiger partial charge in [-0.25, -0.2) is 0 Å². The number of hydrogen-bond acceptors (Lipinski definition) is 3. The Bertz CT molecular complexity index is 522. The topological polar surface area (TPSA) is 60.9 Å². The molecule has 1 fully saturated rings. The number of carbonyl (C=O) groups excluding carboxylic acids is 2. The maximum absolute atomic E-state index is 12.7. The van der Waals surface area contributed by atoms with Gasteiger partial charge in [-0.2, -0.15) is 0 Å². The molecule has 2 amide bonds. The Hall–Kier alpha value is -1.88. The van der Waals surface area contributed by atoms with Crippen molar-refractivity contribution in [1.29, 1.82) is 0 Å². The van der Waals surface area contributed by atoms with Gasteiger partial charge < -0.3 is 14.9 Å². The Balaban J connectivity index is 2.18. The Labute approximate surface area is 125 Å². The molecule has 1 N–H and O–H groups in total. The van der Waals surface area contributed by atoms with E-state index in [1.165, 1.54) is 11.8 Å². The maximum Gasteiger partial charge on any atom is 0.255 e. The Morgan fingerprint density at radius 1 is 1.29 bits per heavy atom. The van der Waals surface area contributed by atoms with E-state index in [1.54, 1.807) is 24.1 Å². The fourth-order valence-corrected chi connectivity index (χ4v) is 2.61. The molecule has 2 rings (SSSR count). The second-order valence-electron chi connectivity index (χ2n) is 5.51. The number of nitrogens with zero attached hydrogens (tertiary/aromatic N) is 2. The highest BCUT2D eigenvalue weighted by molar-refractivity contribution is 6.04. The molecule has 1 heterocycles. The number of anilines is 1. The minimum Gasteiger partial charge on any atom is -0.396 e. The van der Waals surface area contributed by atoms with Gasteiger partial charge in [0.25, 0.3) is 5.91 Å². The number of hydrogen-bond donors (Lipinski definition) is 1. The van der Waals surface area contributed by atoms with Gasteiger partial charge in [-0.3, -0.25) is 9.59 Å². The highest BCUT2D eigenvalue weighted by Crippen LogP contribution is 2.24. The van der Waals surface area contributed by atoms with Crippen LogP contribution in [-0.4, -0.2) is 48.6 Å². The lowest BCUT2D eigenvalue weighted by Crippen LogP contribution is -2.40. The van der Waals surface area contributed by atoms with Crippen molar-refractivity contribution in [3.8, 4) is 0 Å². The molecule has 1 aliphatic heterocycles. The third-order valence-corrected chi connectivity index (χ3v) is 4.13. The van der Waals surface area contributed by atoms with Crippen LogP contribution < -0.4 is 4.90 Å². The predicted molar refractivity (Wildman–Crippen MR) is 81.2 cm³/mol. The number of aliphatic hydroxyl groups excluding tert-OH is 1. The molecule has 114 valence electrons. The third-order valence-electron chi connectivity index (χ3n) is 4.13. The minimum atomic E-state index is -0.103. The summed E-state index contributed by atoms with van der Waals surface area (Å²) in [4.78, 5) is 27.5. The molecule has 0 unspecified atom stereocenters. The van der Waals surface area contributed by atoms with Gasteiger partial charge in [-0.15, -0.1) is 0 Å². The number of aliphatic hydroxyl groups is 1. The van der Waals surface area contributed by atoms with E-state index >= 15 is 0 Å². The normalized spacial score (nSPS) is 15.9. The van der Waals surface area contributed by atoms with E-state index in [9.17, 15) is 9.59 Å². The largest absolute Gasteiger partial charge is 0.396 e. The summed E-state index contributed by atoms with van der Waals surface area (Å²) in [6, 6.07) is 7.18. The first-order chi connectivity index (χ1) is 10.0. The van der Waals surface area contributed by atoms with Gasteiger partial charge in [0, 0.05) is 33.7 Å². The summed E-state index contributed by atoms with van der Waals surface area (Å²) in [5.74, 6) is 0.147. The number of benzene rings is 1. The molecule has 1 aliphatic rings. The van der Waals surface area contributed by atoms with E-state index in [0.29, 0.717) is 30.3 Å². The fraction of sp³-hybridized carbons (Fsp3) is 0.500. The zero-order valence-corrected chi connectivity index (χ0v) is 12.6. The Morgan fingerprint density at radius 3 is 2.48 bits per heavy atom. The van der Waals surface area contributed by atoms with Crippen LogP contribution in [0.5, 0.6) is 0 Å². The number of rotatable bonds is 3. The van der Waals surface area contributed by atoms with E-state index in [4.69, 9.17) is 5.11 Å². The fourth-order valence-electron chi connectivity index (χ4n) is 2.61. The lowest BCUT2D eigenvalue weighted by atomic mass is 9.97. The van der Waals surface area contributed by atoms with Gasteiger partial charge >= 0.3 is 0 Å². The molecule has 0 aromatic heterocycles. The number of carbonyl (C=O) groups is 2. The number of para-hydroxylation sites is 1. The molecule has 0 saturated carbocycles. The Morgan fingerprint density at radius 2 is 1.90 bits per heavy atom. The first kappa shape index (κ1) is 15.5. The van der Waals surface area contributed by atoms with Crippen molar-refractivity contribution in [3.05, 3.63) is 29.8 Å². The van der Waals surface area contributed by atoms with E-state index in [-0.39, 0.29) is 18.4 Å². The van der Waals surface area contributed by atoms with Gasteiger partial charge in [0.05, 0.1) is 11.3 Å². The van der Waals surface area contributed by atoms with Gasteiger partial charge in [0.15, 0.2) is 0 Å². The van der Waals surface area contributed by atoms with Crippen LogP contribution in [0.1, 0.15) is 30.1 Å². The molecule has 1 saturated heterocycles. The average Bonchev–Trinajstić information content (AvgIpc) is 2.53. The minimum absolute atomic E-state index is 0.0462. The Kier molecular flexibility index (Phi) is 4.96. The molecule has 5 nitrogen and oxygen atoms in total. The summed E-state index contributed by atoms with van der Waals surface area (Å²) in [5, 5.41) is 9.16. The first-order valence-electron chi connectivity index (χ1n) is 7.28. The van der Waals surface area contributed by atoms with Gasteiger partial charge in [-0.05, 0) is 30.9 Å². The highest BCUT2D eigenvalue weighted by Gasteiger charge is 2.25. The van der Waals surface area contributed by atoms with Crippen LogP contribution in [0, 0.1) is 5.92 Å². The van der Waals surface area contributed by atoms with Crippen LogP contribution in [0.15, 0.2) is 24.3 Å². The molecular weight excluding hydrogens is 268 g/mol. The summed E-state index contributed by atoms with van der Waals surface area (Å²) >= 11 is 0. The lowest BCUT2D eigenvalue weighted by Gasteiger charge is -2.32. The van der Waals surface area contributed by atoms with Crippen LogP contribution in [0.4, 0.5) is 5.69 Å². The molecular formula is C16H22N2O3. The van der Waals surface area contributed by atoms with Crippen LogP contribution in [0.3, 0.4) is 0 Å². The van der Waals surface area contributed by atoms with Crippen molar-refractivity contribution in [2.45, 2.75) is 19.8 Å². The summed E-state index contributed by atoms with van der Waals surface area (Å²) < 4.78 is 0. The standard InChI is InChI=1S/C16H22N2O3/c1-12(20)17(2)15-6-4-3-5-14(15)16(21)18-9-7-13(11-19)8-10-18/h3-6,13,19H,7-11H2,1-2H3. The van der Waals surface area contributed by atoms with Crippen molar-refractivity contribution in [2.24, 2.45) is 5.92 Å². The van der Waals surface area contributed by atoms with Crippen molar-refractivity contribution in [1.82, 2.24) is 4.90 Å². The summed E-state index contributed by atoms with van der Waals surface area (Å²) in [5.41, 5.74) is 1.19. The van der Waals surface area contributed by atoms with Crippen molar-refractivity contribution in [3.63, 3.8) is 0 Å². The zero-order chi connectivity index (χ0) is 15.4. The molecule has 0 aliphatic carbocycles. The first-order valence-corrected chi connectivity index (χ1v) is 7.28. The van der Waals surface area contributed by atoms with Crippen molar-refractivity contribution < 1.29 is 14.7 Å². The summed E-state index contributed by atoms with van der Waals surface area (Å²) in [6.07, 6.45) is 1.65. The lowest BCUT2D eigenvalue weighted by molar-refractivity contribution is -0.116. The molecule has 0 spiro atoms. The van der Waals surface area contributed by atoms with Gasteiger partial charge in [-0.1, -0.05) is 12.1 Å². The maximum atomic E-state index is 12.7. The zero-order valence-electron chi connectivity index (χ0n) is 12.6. The molecule has 0 radical (unpaired) electrons. The van der Waals surface area contributed by atoms with Gasteiger partial charge in [0.2, 0.25) is 5.91 Å². The number of likely N-dealkylation sites (tertiary alicyclic amines) is 1. The summed E-state index contributed by atoms with van der Waals surface area (Å²) in [6.45, 7) is 2.98. The van der Waals surface area contributed by atoms with E-state index < -0.39 is 0 Å². The van der Waals surface area contributed by atoms with E-state index in [0.717, 1.165) is 12.8 Å². The van der Waals surface area contributed by atoms with Crippen molar-refractivity contribution >= 4 is 17.5 Å². The quantitative estimate of drug-likeness (QED) is 0.918. The van der Waals surface area contributed by atoms with Crippen LogP contribution in [0.2, 0.25) is 0 Å².